The molecule has 3 heterocycles. The summed E-state index contributed by atoms with van der Waals surface area (Å²) >= 11 is 0. The Hall–Kier alpha value is -1.42. The Balaban J connectivity index is 1.59. The summed E-state index contributed by atoms with van der Waals surface area (Å²) in [5.41, 5.74) is -0.215. The van der Waals surface area contributed by atoms with E-state index in [2.05, 4.69) is 0 Å². The van der Waals surface area contributed by atoms with Crippen molar-refractivity contribution in [1.29, 1.82) is 0 Å². The molecule has 1 aromatic rings. The molecule has 2 saturated heterocycles. The van der Waals surface area contributed by atoms with Gasteiger partial charge in [-0.15, -0.1) is 0 Å². The molecule has 4 rings (SSSR count). The van der Waals surface area contributed by atoms with E-state index >= 15 is 0 Å². The van der Waals surface area contributed by atoms with E-state index < -0.39 is 15.6 Å². The third kappa shape index (κ3) is 2.85. The van der Waals surface area contributed by atoms with Gasteiger partial charge in [0.2, 0.25) is 10.0 Å². The van der Waals surface area contributed by atoms with Crippen LogP contribution < -0.4 is 4.90 Å². The number of hydrogen-bond acceptors (Lipinski definition) is 6. The van der Waals surface area contributed by atoms with E-state index in [0.29, 0.717) is 31.7 Å². The van der Waals surface area contributed by atoms with E-state index in [9.17, 15) is 13.2 Å². The zero-order valence-electron chi connectivity index (χ0n) is 13.2. The summed E-state index contributed by atoms with van der Waals surface area (Å²) in [6, 6.07) is 1.70. The first-order valence-corrected chi connectivity index (χ1v) is 9.54. The molecule has 0 bridgehead atoms. The van der Waals surface area contributed by atoms with E-state index in [1.165, 1.54) is 16.8 Å². The minimum Gasteiger partial charge on any atom is -0.470 e. The van der Waals surface area contributed by atoms with Crippen LogP contribution in [0.25, 0.3) is 0 Å². The lowest BCUT2D eigenvalue weighted by Crippen LogP contribution is -2.61. The summed E-state index contributed by atoms with van der Waals surface area (Å²) in [6.45, 7) is 1.24. The standard InChI is InChI=1S/C15H20N2O6S/c18-14-8-23-15(10-17(14)12-3-5-21-7-12)9-16(4-6-22-11-15)24(19,20)13-1-2-13/h3,5,7,13H,1-2,4,6,8-11H2/t15-/m0/s1. The molecular formula is C15H20N2O6S. The first kappa shape index (κ1) is 16.1. The smallest absolute Gasteiger partial charge is 0.253 e. The van der Waals surface area contributed by atoms with Crippen LogP contribution in [0.3, 0.4) is 0 Å². The highest BCUT2D eigenvalue weighted by Gasteiger charge is 2.48. The number of carbonyl (C=O) groups excluding carboxylic acids is 1. The number of ether oxygens (including phenoxy) is 2. The SMILES string of the molecule is O=C1CO[C@]2(COCCN(S(=O)(=O)C3CC3)C2)CN1c1ccoc1. The van der Waals surface area contributed by atoms with Gasteiger partial charge in [-0.05, 0) is 12.8 Å². The fourth-order valence-electron chi connectivity index (χ4n) is 3.21. The van der Waals surface area contributed by atoms with Crippen molar-refractivity contribution < 1.29 is 27.1 Å². The predicted octanol–water partition coefficient (Wildman–Crippen LogP) is 0.206. The van der Waals surface area contributed by atoms with Crippen molar-refractivity contribution in [2.45, 2.75) is 23.7 Å². The number of amides is 1. The van der Waals surface area contributed by atoms with Crippen LogP contribution in [0.2, 0.25) is 0 Å². The Morgan fingerprint density at radius 3 is 2.79 bits per heavy atom. The van der Waals surface area contributed by atoms with Crippen LogP contribution in [0.15, 0.2) is 23.0 Å². The van der Waals surface area contributed by atoms with Crippen LogP contribution in [0.1, 0.15) is 12.8 Å². The van der Waals surface area contributed by atoms with Crippen LogP contribution in [0.5, 0.6) is 0 Å². The Labute approximate surface area is 140 Å². The second-order valence-electron chi connectivity index (χ2n) is 6.56. The number of nitrogens with zero attached hydrogens (tertiary/aromatic N) is 2. The molecule has 2 aliphatic heterocycles. The minimum atomic E-state index is -3.32. The van der Waals surface area contributed by atoms with Crippen LogP contribution in [-0.4, -0.2) is 68.9 Å². The molecule has 24 heavy (non-hydrogen) atoms. The van der Waals surface area contributed by atoms with E-state index in [-0.39, 0.29) is 37.5 Å². The van der Waals surface area contributed by atoms with Gasteiger partial charge in [0, 0.05) is 19.2 Å². The lowest BCUT2D eigenvalue weighted by Gasteiger charge is -2.42. The van der Waals surface area contributed by atoms with E-state index in [0.717, 1.165) is 0 Å². The van der Waals surface area contributed by atoms with Gasteiger partial charge >= 0.3 is 0 Å². The Morgan fingerprint density at radius 1 is 1.25 bits per heavy atom. The molecule has 1 atom stereocenters. The molecular weight excluding hydrogens is 336 g/mol. The van der Waals surface area contributed by atoms with Gasteiger partial charge in [-0.1, -0.05) is 0 Å². The van der Waals surface area contributed by atoms with Gasteiger partial charge in [0.25, 0.3) is 5.91 Å². The van der Waals surface area contributed by atoms with Gasteiger partial charge in [-0.2, -0.15) is 4.31 Å². The maximum Gasteiger partial charge on any atom is 0.253 e. The van der Waals surface area contributed by atoms with Crippen LogP contribution in [0.4, 0.5) is 5.69 Å². The third-order valence-corrected chi connectivity index (χ3v) is 7.03. The molecule has 9 heteroatoms. The molecule has 1 amide bonds. The largest absolute Gasteiger partial charge is 0.470 e. The maximum atomic E-state index is 12.6. The highest BCUT2D eigenvalue weighted by molar-refractivity contribution is 7.90. The minimum absolute atomic E-state index is 0.105. The number of furan rings is 1. The molecule has 3 aliphatic rings. The molecule has 1 saturated carbocycles. The summed E-state index contributed by atoms with van der Waals surface area (Å²) < 4.78 is 43.2. The second-order valence-corrected chi connectivity index (χ2v) is 8.78. The molecule has 1 aliphatic carbocycles. The Bertz CT molecular complexity index is 714. The molecule has 132 valence electrons. The van der Waals surface area contributed by atoms with Crippen LogP contribution in [-0.2, 0) is 24.3 Å². The fraction of sp³-hybridized carbons (Fsp3) is 0.667. The number of carbonyl (C=O) groups is 1. The Morgan fingerprint density at radius 2 is 2.08 bits per heavy atom. The first-order valence-electron chi connectivity index (χ1n) is 8.03. The van der Waals surface area contributed by atoms with Crippen molar-refractivity contribution in [3.05, 3.63) is 18.6 Å². The average Bonchev–Trinajstić information content (AvgIpc) is 3.33. The lowest BCUT2D eigenvalue weighted by molar-refractivity contribution is -0.145. The van der Waals surface area contributed by atoms with E-state index in [4.69, 9.17) is 13.9 Å². The molecule has 0 N–H and O–H groups in total. The zero-order chi connectivity index (χ0) is 16.8. The van der Waals surface area contributed by atoms with E-state index in [1.807, 2.05) is 0 Å². The van der Waals surface area contributed by atoms with Crippen LogP contribution in [0, 0.1) is 0 Å². The van der Waals surface area contributed by atoms with Crippen molar-refractivity contribution in [2.75, 3.05) is 44.4 Å². The number of sulfonamides is 1. The second kappa shape index (κ2) is 5.83. The maximum absolute atomic E-state index is 12.6. The number of hydrogen-bond donors (Lipinski definition) is 0. The molecule has 3 fully saturated rings. The van der Waals surface area contributed by atoms with Crippen molar-refractivity contribution in [1.82, 2.24) is 4.31 Å². The molecule has 0 radical (unpaired) electrons. The average molecular weight is 356 g/mol. The quantitative estimate of drug-likeness (QED) is 0.769. The van der Waals surface area contributed by atoms with Crippen LogP contribution >= 0.6 is 0 Å². The van der Waals surface area contributed by atoms with Gasteiger partial charge in [-0.3, -0.25) is 4.79 Å². The third-order valence-electron chi connectivity index (χ3n) is 4.69. The van der Waals surface area contributed by atoms with Crippen molar-refractivity contribution in [2.24, 2.45) is 0 Å². The summed E-state index contributed by atoms with van der Waals surface area (Å²) in [6.07, 6.45) is 4.42. The monoisotopic (exact) mass is 356 g/mol. The van der Waals surface area contributed by atoms with Gasteiger partial charge in [0.1, 0.15) is 18.5 Å². The molecule has 1 aromatic heterocycles. The molecule has 8 nitrogen and oxygen atoms in total. The van der Waals surface area contributed by atoms with Crippen molar-refractivity contribution in [3.63, 3.8) is 0 Å². The molecule has 0 unspecified atom stereocenters. The lowest BCUT2D eigenvalue weighted by atomic mass is 10.0. The van der Waals surface area contributed by atoms with Crippen molar-refractivity contribution in [3.8, 4) is 0 Å². The van der Waals surface area contributed by atoms with Gasteiger partial charge < -0.3 is 18.8 Å². The number of morpholine rings is 1. The van der Waals surface area contributed by atoms with Crippen molar-refractivity contribution >= 4 is 21.6 Å². The Kier molecular flexibility index (Phi) is 3.91. The van der Waals surface area contributed by atoms with E-state index in [1.54, 1.807) is 11.0 Å². The zero-order valence-corrected chi connectivity index (χ0v) is 14.0. The predicted molar refractivity (Wildman–Crippen MR) is 84.1 cm³/mol. The summed E-state index contributed by atoms with van der Waals surface area (Å²) in [7, 11) is -3.32. The highest BCUT2D eigenvalue weighted by atomic mass is 32.2. The van der Waals surface area contributed by atoms with Gasteiger partial charge in [0.05, 0.1) is 37.0 Å². The fourth-order valence-corrected chi connectivity index (χ4v) is 5.11. The molecule has 1 spiro atoms. The summed E-state index contributed by atoms with van der Waals surface area (Å²) in [5.74, 6) is -0.178. The normalized spacial score (nSPS) is 29.8. The van der Waals surface area contributed by atoms with Gasteiger partial charge in [-0.25, -0.2) is 8.42 Å². The van der Waals surface area contributed by atoms with Gasteiger partial charge in [0.15, 0.2) is 0 Å². The topological polar surface area (TPSA) is 89.3 Å². The first-order chi connectivity index (χ1) is 11.5. The highest BCUT2D eigenvalue weighted by Crippen LogP contribution is 2.34. The molecule has 0 aromatic carbocycles. The number of anilines is 1. The summed E-state index contributed by atoms with van der Waals surface area (Å²) in [5, 5.41) is -0.275. The number of rotatable bonds is 3. The summed E-state index contributed by atoms with van der Waals surface area (Å²) in [4.78, 5) is 13.8.